The third-order valence-electron chi connectivity index (χ3n) is 4.03. The number of nitrogens with one attached hydrogen (secondary N) is 2. The van der Waals surface area contributed by atoms with Gasteiger partial charge in [0.15, 0.2) is 5.96 Å². The molecule has 0 amide bonds. The van der Waals surface area contributed by atoms with Crippen molar-refractivity contribution < 1.29 is 4.74 Å². The number of nitrogens with zero attached hydrogens (tertiary/aromatic N) is 1. The van der Waals surface area contributed by atoms with Crippen LogP contribution in [0.3, 0.4) is 0 Å². The van der Waals surface area contributed by atoms with Gasteiger partial charge in [0.2, 0.25) is 0 Å². The van der Waals surface area contributed by atoms with Crippen LogP contribution in [0.5, 0.6) is 5.75 Å². The number of ether oxygens (including phenoxy) is 1. The van der Waals surface area contributed by atoms with E-state index in [1.807, 2.05) is 12.1 Å². The molecule has 1 aliphatic carbocycles. The Balaban J connectivity index is 0.00000161. The zero-order valence-electron chi connectivity index (χ0n) is 12.5. The summed E-state index contributed by atoms with van der Waals surface area (Å²) in [4.78, 5) is 4.57. The fourth-order valence-electron chi connectivity index (χ4n) is 2.69. The molecule has 1 fully saturated rings. The van der Waals surface area contributed by atoms with Crippen LogP contribution in [-0.2, 0) is 0 Å². The maximum absolute atomic E-state index is 5.71. The Morgan fingerprint density at radius 3 is 2.76 bits per heavy atom. The van der Waals surface area contributed by atoms with Crippen molar-refractivity contribution in [3.8, 4) is 5.75 Å². The van der Waals surface area contributed by atoms with Crippen LogP contribution < -0.4 is 15.4 Å². The van der Waals surface area contributed by atoms with E-state index in [0.717, 1.165) is 31.3 Å². The molecule has 4 nitrogen and oxygen atoms in total. The lowest BCUT2D eigenvalue weighted by Gasteiger charge is -2.32. The molecule has 0 spiro atoms. The highest BCUT2D eigenvalue weighted by Crippen LogP contribution is 2.31. The zero-order chi connectivity index (χ0) is 13.8. The summed E-state index contributed by atoms with van der Waals surface area (Å²) in [7, 11) is 0. The molecule has 1 aliphatic heterocycles. The molecule has 1 aromatic rings. The van der Waals surface area contributed by atoms with E-state index in [9.17, 15) is 0 Å². The molecule has 0 bridgehead atoms. The number of guanidine groups is 1. The van der Waals surface area contributed by atoms with Crippen molar-refractivity contribution in [3.05, 3.63) is 29.8 Å². The minimum atomic E-state index is 0. The third-order valence-corrected chi connectivity index (χ3v) is 4.03. The Kier molecular flexibility index (Phi) is 6.14. The Morgan fingerprint density at radius 1 is 1.24 bits per heavy atom. The molecular formula is C16H24IN3O. The van der Waals surface area contributed by atoms with Crippen molar-refractivity contribution >= 4 is 29.9 Å². The number of benzene rings is 1. The van der Waals surface area contributed by atoms with Crippen LogP contribution in [0.1, 0.15) is 44.2 Å². The van der Waals surface area contributed by atoms with Gasteiger partial charge in [-0.25, -0.2) is 0 Å². The van der Waals surface area contributed by atoms with Crippen LogP contribution in [-0.4, -0.2) is 25.2 Å². The number of aliphatic imine (C=N–C) groups is 1. The van der Waals surface area contributed by atoms with Crippen molar-refractivity contribution in [2.75, 3.05) is 13.2 Å². The zero-order valence-corrected chi connectivity index (χ0v) is 14.8. The molecule has 0 saturated heterocycles. The van der Waals surface area contributed by atoms with E-state index in [0.29, 0.717) is 6.04 Å². The second-order valence-electron chi connectivity index (χ2n) is 5.47. The largest absolute Gasteiger partial charge is 0.493 e. The molecule has 2 aliphatic rings. The van der Waals surface area contributed by atoms with Gasteiger partial charge in [0, 0.05) is 24.6 Å². The van der Waals surface area contributed by atoms with E-state index in [4.69, 9.17) is 4.74 Å². The molecule has 3 rings (SSSR count). The Hall–Kier alpha value is -0.980. The average molecular weight is 401 g/mol. The van der Waals surface area contributed by atoms with Gasteiger partial charge < -0.3 is 15.4 Å². The smallest absolute Gasteiger partial charge is 0.191 e. The number of halogens is 1. The van der Waals surface area contributed by atoms with Gasteiger partial charge in [-0.2, -0.15) is 0 Å². The van der Waals surface area contributed by atoms with Crippen molar-refractivity contribution in [1.82, 2.24) is 10.6 Å². The third kappa shape index (κ3) is 4.02. The Bertz CT molecular complexity index is 488. The van der Waals surface area contributed by atoms with Crippen LogP contribution in [0.4, 0.5) is 0 Å². The molecule has 1 heterocycles. The lowest BCUT2D eigenvalue weighted by molar-refractivity contribution is 0.261. The minimum absolute atomic E-state index is 0. The van der Waals surface area contributed by atoms with Gasteiger partial charge in [-0.3, -0.25) is 4.99 Å². The molecule has 116 valence electrons. The number of fused-ring (bicyclic) bond motifs is 1. The van der Waals surface area contributed by atoms with Gasteiger partial charge >= 0.3 is 0 Å². The topological polar surface area (TPSA) is 45.7 Å². The fraction of sp³-hybridized carbons (Fsp3) is 0.562. The summed E-state index contributed by atoms with van der Waals surface area (Å²) < 4.78 is 5.71. The molecule has 1 saturated carbocycles. The first-order valence-corrected chi connectivity index (χ1v) is 7.66. The van der Waals surface area contributed by atoms with Crippen molar-refractivity contribution in [1.29, 1.82) is 0 Å². The molecule has 0 aromatic heterocycles. The van der Waals surface area contributed by atoms with Gasteiger partial charge in [-0.05, 0) is 32.3 Å². The molecule has 1 aromatic carbocycles. The lowest BCUT2D eigenvalue weighted by Crippen LogP contribution is -2.48. The van der Waals surface area contributed by atoms with Gasteiger partial charge in [0.25, 0.3) is 0 Å². The highest BCUT2D eigenvalue weighted by atomic mass is 127. The van der Waals surface area contributed by atoms with Crippen LogP contribution >= 0.6 is 24.0 Å². The standard InChI is InChI=1S/C16H23N3O.HI/c1-2-17-16(18-12-6-5-7-12)19-14-10-11-20-15-9-4-3-8-13(14)15;/h3-4,8-9,12,14H,2,5-7,10-11H2,1H3,(H2,17,18,19);1H. The molecule has 5 heteroatoms. The molecular weight excluding hydrogens is 377 g/mol. The highest BCUT2D eigenvalue weighted by Gasteiger charge is 2.24. The van der Waals surface area contributed by atoms with Crippen LogP contribution in [0.25, 0.3) is 0 Å². The summed E-state index contributed by atoms with van der Waals surface area (Å²) in [5.41, 5.74) is 1.23. The summed E-state index contributed by atoms with van der Waals surface area (Å²) in [6.07, 6.45) is 4.83. The van der Waals surface area contributed by atoms with E-state index < -0.39 is 0 Å². The van der Waals surface area contributed by atoms with E-state index in [1.54, 1.807) is 0 Å². The fourth-order valence-corrected chi connectivity index (χ4v) is 2.69. The van der Waals surface area contributed by atoms with E-state index in [2.05, 4.69) is 34.7 Å². The number of hydrogen-bond donors (Lipinski definition) is 2. The maximum Gasteiger partial charge on any atom is 0.191 e. The number of para-hydroxylation sites is 1. The first-order valence-electron chi connectivity index (χ1n) is 7.66. The van der Waals surface area contributed by atoms with Gasteiger partial charge in [-0.15, -0.1) is 24.0 Å². The van der Waals surface area contributed by atoms with Crippen LogP contribution in [0, 0.1) is 0 Å². The Labute approximate surface area is 143 Å². The predicted molar refractivity (Wildman–Crippen MR) is 96.6 cm³/mol. The van der Waals surface area contributed by atoms with E-state index >= 15 is 0 Å². The highest BCUT2D eigenvalue weighted by molar-refractivity contribution is 14.0. The summed E-state index contributed by atoms with van der Waals surface area (Å²) in [5, 5.41) is 7.10. The number of rotatable bonds is 3. The minimum Gasteiger partial charge on any atom is -0.493 e. The average Bonchev–Trinajstić information content (AvgIpc) is 2.43. The Morgan fingerprint density at radius 2 is 2.05 bits per heavy atom. The lowest BCUT2D eigenvalue weighted by atomic mass is 9.93. The normalized spacial score (nSPS) is 21.4. The van der Waals surface area contributed by atoms with Crippen molar-refractivity contribution in [3.63, 3.8) is 0 Å². The second kappa shape index (κ2) is 7.87. The quantitative estimate of drug-likeness (QED) is 0.465. The summed E-state index contributed by atoms with van der Waals surface area (Å²) >= 11 is 0. The number of hydrogen-bond acceptors (Lipinski definition) is 2. The summed E-state index contributed by atoms with van der Waals surface area (Å²) in [6, 6.07) is 9.16. The first kappa shape index (κ1) is 16.4. The summed E-state index contributed by atoms with van der Waals surface area (Å²) in [6.45, 7) is 3.63. The van der Waals surface area contributed by atoms with Crippen LogP contribution in [0.2, 0.25) is 0 Å². The first-order chi connectivity index (χ1) is 9.86. The van der Waals surface area contributed by atoms with Gasteiger partial charge in [-0.1, -0.05) is 18.2 Å². The SMILES string of the molecule is CCN=C(NC1CCC1)NC1CCOc2ccccc21.I. The summed E-state index contributed by atoms with van der Waals surface area (Å²) in [5.74, 6) is 1.94. The van der Waals surface area contributed by atoms with Crippen molar-refractivity contribution in [2.24, 2.45) is 4.99 Å². The maximum atomic E-state index is 5.71. The van der Waals surface area contributed by atoms with Gasteiger partial charge in [0.05, 0.1) is 12.6 Å². The van der Waals surface area contributed by atoms with Crippen LogP contribution in [0.15, 0.2) is 29.3 Å². The molecule has 1 unspecified atom stereocenters. The second-order valence-corrected chi connectivity index (χ2v) is 5.47. The predicted octanol–water partition coefficient (Wildman–Crippen LogP) is 3.24. The van der Waals surface area contributed by atoms with Crippen molar-refractivity contribution in [2.45, 2.75) is 44.7 Å². The van der Waals surface area contributed by atoms with E-state index in [1.165, 1.54) is 24.8 Å². The molecule has 2 N–H and O–H groups in total. The molecule has 21 heavy (non-hydrogen) atoms. The van der Waals surface area contributed by atoms with Gasteiger partial charge in [0.1, 0.15) is 5.75 Å². The molecule has 1 atom stereocenters. The monoisotopic (exact) mass is 401 g/mol. The van der Waals surface area contributed by atoms with E-state index in [-0.39, 0.29) is 30.0 Å². The molecule has 0 radical (unpaired) electrons.